The second-order valence-electron chi connectivity index (χ2n) is 10.9. The van der Waals surface area contributed by atoms with Crippen LogP contribution in [-0.4, -0.2) is 65.7 Å². The first-order chi connectivity index (χ1) is 22.3. The van der Waals surface area contributed by atoms with Gasteiger partial charge in [0.05, 0.1) is 12.2 Å². The van der Waals surface area contributed by atoms with Gasteiger partial charge in [0.15, 0.2) is 5.85 Å². The molecule has 0 bridgehead atoms. The van der Waals surface area contributed by atoms with Crippen LogP contribution in [0.1, 0.15) is 53.6 Å². The lowest BCUT2D eigenvalue weighted by Gasteiger charge is -2.32. The van der Waals surface area contributed by atoms with Gasteiger partial charge in [-0.3, -0.25) is 18.4 Å². The molecule has 3 aromatic carbocycles. The molecule has 0 radical (unpaired) electrons. The number of rotatable bonds is 18. The fourth-order valence-electron chi connectivity index (χ4n) is 5.18. The van der Waals surface area contributed by atoms with Crippen LogP contribution in [0.15, 0.2) is 91.0 Å². The topological polar surface area (TPSA) is 155 Å². The van der Waals surface area contributed by atoms with Crippen molar-refractivity contribution in [3.63, 3.8) is 0 Å². The third-order valence-corrected chi connectivity index (χ3v) is 9.66. The van der Waals surface area contributed by atoms with Crippen LogP contribution in [0.4, 0.5) is 0 Å². The molecule has 3 aromatic rings. The Morgan fingerprint density at radius 3 is 2.17 bits per heavy atom. The molecule has 246 valence electrons. The van der Waals surface area contributed by atoms with Gasteiger partial charge in [0.1, 0.15) is 12.1 Å². The Morgan fingerprint density at radius 1 is 0.913 bits per heavy atom. The maximum Gasteiger partial charge on any atom is 0.363 e. The molecule has 1 amide bonds. The minimum absolute atomic E-state index is 0.0534. The Morgan fingerprint density at radius 2 is 1.54 bits per heavy atom. The Bertz CT molecular complexity index is 1440. The molecule has 3 N–H and O–H groups in total. The van der Waals surface area contributed by atoms with Crippen molar-refractivity contribution < 1.29 is 42.6 Å². The van der Waals surface area contributed by atoms with E-state index in [0.29, 0.717) is 32.2 Å². The molecule has 1 fully saturated rings. The number of carbonyl (C=O) groups is 3. The number of unbranched alkanes of at least 4 members (excludes halogenated alkanes) is 1. The Hall–Kier alpha value is -3.86. The fourth-order valence-corrected chi connectivity index (χ4v) is 6.99. The van der Waals surface area contributed by atoms with Gasteiger partial charge in [-0.25, -0.2) is 9.59 Å². The van der Waals surface area contributed by atoms with Gasteiger partial charge in [-0.1, -0.05) is 78.9 Å². The molecule has 1 heterocycles. The number of carbonyl (C=O) groups excluding carboxylic acids is 2. The van der Waals surface area contributed by atoms with E-state index in [1.807, 2.05) is 60.7 Å². The van der Waals surface area contributed by atoms with Crippen LogP contribution in [0.5, 0.6) is 0 Å². The van der Waals surface area contributed by atoms with Crippen molar-refractivity contribution in [1.29, 1.82) is 0 Å². The highest BCUT2D eigenvalue weighted by Gasteiger charge is 2.45. The summed E-state index contributed by atoms with van der Waals surface area (Å²) in [6, 6.07) is 25.7. The van der Waals surface area contributed by atoms with E-state index in [0.717, 1.165) is 11.1 Å². The van der Waals surface area contributed by atoms with Gasteiger partial charge >= 0.3 is 19.5 Å². The second kappa shape index (κ2) is 17.7. The summed E-state index contributed by atoms with van der Waals surface area (Å²) in [5.41, 5.74) is 7.56. The van der Waals surface area contributed by atoms with Crippen LogP contribution in [-0.2, 0) is 45.7 Å². The van der Waals surface area contributed by atoms with Crippen molar-refractivity contribution >= 4 is 25.4 Å². The van der Waals surface area contributed by atoms with Crippen molar-refractivity contribution in [2.45, 2.75) is 63.1 Å². The van der Waals surface area contributed by atoms with Crippen molar-refractivity contribution in [2.75, 3.05) is 19.9 Å². The van der Waals surface area contributed by atoms with Crippen molar-refractivity contribution in [1.82, 2.24) is 4.90 Å². The zero-order chi connectivity index (χ0) is 32.8. The van der Waals surface area contributed by atoms with E-state index in [9.17, 15) is 24.1 Å². The van der Waals surface area contributed by atoms with Crippen molar-refractivity contribution in [3.8, 4) is 0 Å². The number of ether oxygens (including phenoxy) is 2. The highest BCUT2D eigenvalue weighted by Crippen LogP contribution is 2.56. The Labute approximate surface area is 269 Å². The first-order valence-electron chi connectivity index (χ1n) is 15.4. The molecule has 1 aliphatic heterocycles. The van der Waals surface area contributed by atoms with Crippen LogP contribution < -0.4 is 5.73 Å². The van der Waals surface area contributed by atoms with Crippen LogP contribution >= 0.6 is 7.60 Å². The number of carboxylic acid groups (broad SMARTS) is 1. The minimum atomic E-state index is -4.45. The van der Waals surface area contributed by atoms with E-state index in [4.69, 9.17) is 24.3 Å². The third kappa shape index (κ3) is 10.1. The number of nitrogens with two attached hydrogens (primary N) is 1. The Kier molecular flexibility index (Phi) is 13.5. The summed E-state index contributed by atoms with van der Waals surface area (Å²) in [5.74, 6) is -3.64. The summed E-state index contributed by atoms with van der Waals surface area (Å²) in [6.45, 7) is -0.0961. The lowest BCUT2D eigenvalue weighted by atomic mass is 10.1. The summed E-state index contributed by atoms with van der Waals surface area (Å²) in [4.78, 5) is 39.7. The predicted octanol–water partition coefficient (Wildman–Crippen LogP) is 5.39. The average molecular weight is 653 g/mol. The van der Waals surface area contributed by atoms with Gasteiger partial charge in [-0.05, 0) is 61.9 Å². The number of hydrogen-bond acceptors (Lipinski definition) is 9. The molecule has 46 heavy (non-hydrogen) atoms. The first-order valence-corrected chi connectivity index (χ1v) is 17.0. The highest BCUT2D eigenvalue weighted by atomic mass is 31.2. The van der Waals surface area contributed by atoms with Gasteiger partial charge in [-0.15, -0.1) is 0 Å². The van der Waals surface area contributed by atoms with Crippen molar-refractivity contribution in [2.24, 2.45) is 5.73 Å². The summed E-state index contributed by atoms with van der Waals surface area (Å²) in [5, 5.41) is 9.75. The summed E-state index contributed by atoms with van der Waals surface area (Å²) < 4.78 is 38.5. The number of aliphatic carboxylic acids is 1. The molecule has 0 spiro atoms. The molecule has 1 saturated heterocycles. The zero-order valence-corrected chi connectivity index (χ0v) is 26.5. The van der Waals surface area contributed by atoms with Gasteiger partial charge in [0, 0.05) is 13.0 Å². The SMILES string of the molecule is NCCCCC(OP(=O)(OCOC(=O)c1ccccc1)[C@@H](Cc1ccccc1)OCc1ccccc1)C(=O)N1CCC[C@H]1C(=O)O. The lowest BCUT2D eigenvalue weighted by molar-refractivity contribution is -0.151. The van der Waals surface area contributed by atoms with E-state index in [1.54, 1.807) is 30.3 Å². The molecule has 4 atom stereocenters. The van der Waals surface area contributed by atoms with Crippen LogP contribution in [0.25, 0.3) is 0 Å². The molecule has 0 saturated carbocycles. The van der Waals surface area contributed by atoms with Crippen LogP contribution in [0, 0.1) is 0 Å². The molecule has 11 nitrogen and oxygen atoms in total. The number of carboxylic acids is 1. The van der Waals surface area contributed by atoms with Crippen molar-refractivity contribution in [3.05, 3.63) is 108 Å². The summed E-state index contributed by atoms with van der Waals surface area (Å²) in [7, 11) is -4.45. The van der Waals surface area contributed by atoms with E-state index in [1.165, 1.54) is 4.90 Å². The van der Waals surface area contributed by atoms with E-state index < -0.39 is 50.2 Å². The maximum atomic E-state index is 15.0. The largest absolute Gasteiger partial charge is 0.480 e. The molecule has 0 aromatic heterocycles. The standard InChI is InChI=1S/C34H41N2O9P/c35-21-11-10-20-30(32(37)36-22-12-19-29(36)33(38)39)45-46(41,44-25-43-34(40)28-17-8-3-9-18-28)31(23-26-13-4-1-5-14-26)42-24-27-15-6-2-7-16-27/h1-9,13-18,29-31H,10-12,19-25,35H2,(H,38,39)/t29-,30?,31-,46?/m0/s1. The normalized spacial score (nSPS) is 17.2. The lowest BCUT2D eigenvalue weighted by Crippen LogP contribution is -2.46. The van der Waals surface area contributed by atoms with Gasteiger partial charge in [-0.2, -0.15) is 0 Å². The van der Waals surface area contributed by atoms with E-state index >= 15 is 0 Å². The molecular formula is C34H41N2O9P. The number of esters is 1. The van der Waals surface area contributed by atoms with E-state index in [2.05, 4.69) is 0 Å². The summed E-state index contributed by atoms with van der Waals surface area (Å²) >= 11 is 0. The fraction of sp³-hybridized carbons (Fsp3) is 0.382. The molecular weight excluding hydrogens is 611 g/mol. The number of nitrogens with zero attached hydrogens (tertiary/aromatic N) is 1. The average Bonchev–Trinajstić information content (AvgIpc) is 3.58. The smallest absolute Gasteiger partial charge is 0.363 e. The minimum Gasteiger partial charge on any atom is -0.480 e. The second-order valence-corrected chi connectivity index (χ2v) is 13.1. The molecule has 2 unspecified atom stereocenters. The molecule has 0 aliphatic carbocycles. The van der Waals surface area contributed by atoms with Crippen LogP contribution in [0.3, 0.4) is 0 Å². The number of amides is 1. The first kappa shape index (κ1) is 35.0. The van der Waals surface area contributed by atoms with Gasteiger partial charge in [0.25, 0.3) is 5.91 Å². The number of hydrogen-bond donors (Lipinski definition) is 2. The Balaban J connectivity index is 1.65. The summed E-state index contributed by atoms with van der Waals surface area (Å²) in [6.07, 6.45) is 0.717. The predicted molar refractivity (Wildman–Crippen MR) is 171 cm³/mol. The van der Waals surface area contributed by atoms with E-state index in [-0.39, 0.29) is 31.6 Å². The molecule has 4 rings (SSSR count). The maximum absolute atomic E-state index is 15.0. The van der Waals surface area contributed by atoms with Gasteiger partial charge in [0.2, 0.25) is 6.79 Å². The monoisotopic (exact) mass is 652 g/mol. The molecule has 1 aliphatic rings. The van der Waals surface area contributed by atoms with Gasteiger partial charge < -0.3 is 25.2 Å². The zero-order valence-electron chi connectivity index (χ0n) is 25.6. The number of likely N-dealkylation sites (tertiary alicyclic amines) is 1. The molecule has 12 heteroatoms. The number of benzene rings is 3. The quantitative estimate of drug-likeness (QED) is 0.0792. The highest BCUT2D eigenvalue weighted by molar-refractivity contribution is 7.54. The third-order valence-electron chi connectivity index (χ3n) is 7.61. The van der Waals surface area contributed by atoms with Crippen LogP contribution in [0.2, 0.25) is 0 Å².